The first kappa shape index (κ1) is 10.8. The van der Waals surface area contributed by atoms with Crippen molar-refractivity contribution < 1.29 is 19.7 Å². The Labute approximate surface area is 66.7 Å². The van der Waals surface area contributed by atoms with E-state index in [0.29, 0.717) is 0 Å². The monoisotopic (exact) mass is 164 g/mol. The highest BCUT2D eigenvalue weighted by Gasteiger charge is 2.29. The number of hydrogen-bond acceptors (Lipinski definition) is 4. The fourth-order valence-corrected chi connectivity index (χ4v) is 0.755. The zero-order chi connectivity index (χ0) is 8.91. The van der Waals surface area contributed by atoms with Crippen molar-refractivity contribution in [2.75, 3.05) is 20.5 Å². The Morgan fingerprint density at radius 3 is 2.18 bits per heavy atom. The average molecular weight is 164 g/mol. The van der Waals surface area contributed by atoms with Gasteiger partial charge >= 0.3 is 0 Å². The summed E-state index contributed by atoms with van der Waals surface area (Å²) in [7, 11) is 1.47. The first-order valence-corrected chi connectivity index (χ1v) is 3.44. The van der Waals surface area contributed by atoms with Crippen LogP contribution in [0.5, 0.6) is 0 Å². The lowest BCUT2D eigenvalue weighted by Gasteiger charge is -2.30. The van der Waals surface area contributed by atoms with Gasteiger partial charge in [0.15, 0.2) is 6.29 Å². The van der Waals surface area contributed by atoms with E-state index in [9.17, 15) is 0 Å². The van der Waals surface area contributed by atoms with Gasteiger partial charge in [0.2, 0.25) is 0 Å². The van der Waals surface area contributed by atoms with Gasteiger partial charge in [0.05, 0.1) is 6.61 Å². The summed E-state index contributed by atoms with van der Waals surface area (Å²) in [6, 6.07) is 0. The fourth-order valence-electron chi connectivity index (χ4n) is 0.755. The molecule has 68 valence electrons. The minimum absolute atomic E-state index is 0.0501. The second-order valence-electron chi connectivity index (χ2n) is 3.01. The minimum Gasteiger partial charge on any atom is -0.396 e. The van der Waals surface area contributed by atoms with E-state index in [0.717, 1.165) is 0 Å². The fraction of sp³-hybridized carbons (Fsp3) is 1.00. The molecule has 0 rings (SSSR count). The van der Waals surface area contributed by atoms with Crippen molar-refractivity contribution in [2.45, 2.75) is 20.1 Å². The van der Waals surface area contributed by atoms with E-state index < -0.39 is 18.5 Å². The smallest absolute Gasteiger partial charge is 0.167 e. The normalized spacial score (nSPS) is 15.0. The molecule has 11 heavy (non-hydrogen) atoms. The van der Waals surface area contributed by atoms with Gasteiger partial charge in [0.1, 0.15) is 6.79 Å². The van der Waals surface area contributed by atoms with Gasteiger partial charge in [-0.05, 0) is 0 Å². The number of ether oxygens (including phenoxy) is 2. The van der Waals surface area contributed by atoms with Crippen molar-refractivity contribution in [3.05, 3.63) is 0 Å². The van der Waals surface area contributed by atoms with E-state index in [-0.39, 0.29) is 6.61 Å². The summed E-state index contributed by atoms with van der Waals surface area (Å²) >= 11 is 0. The van der Waals surface area contributed by atoms with Gasteiger partial charge < -0.3 is 19.7 Å². The zero-order valence-electron chi connectivity index (χ0n) is 7.20. The lowest BCUT2D eigenvalue weighted by Crippen LogP contribution is -2.36. The molecule has 0 aromatic carbocycles. The second-order valence-corrected chi connectivity index (χ2v) is 3.01. The summed E-state index contributed by atoms with van der Waals surface area (Å²) in [5.74, 6) is 0. The summed E-state index contributed by atoms with van der Waals surface area (Å²) in [4.78, 5) is 0. The van der Waals surface area contributed by atoms with Gasteiger partial charge in [0, 0.05) is 12.5 Å². The summed E-state index contributed by atoms with van der Waals surface area (Å²) in [5.41, 5.74) is -0.489. The van der Waals surface area contributed by atoms with Gasteiger partial charge in [-0.3, -0.25) is 0 Å². The van der Waals surface area contributed by atoms with Crippen LogP contribution in [0.2, 0.25) is 0 Å². The molecule has 0 heterocycles. The molecule has 0 aromatic rings. The van der Waals surface area contributed by atoms with Crippen LogP contribution in [0, 0.1) is 5.41 Å². The third-order valence-electron chi connectivity index (χ3n) is 1.49. The van der Waals surface area contributed by atoms with Gasteiger partial charge in [-0.25, -0.2) is 0 Å². The Morgan fingerprint density at radius 1 is 1.36 bits per heavy atom. The third-order valence-corrected chi connectivity index (χ3v) is 1.49. The van der Waals surface area contributed by atoms with Crippen molar-refractivity contribution in [2.24, 2.45) is 5.41 Å². The van der Waals surface area contributed by atoms with E-state index >= 15 is 0 Å². The Morgan fingerprint density at radius 2 is 1.91 bits per heavy atom. The van der Waals surface area contributed by atoms with E-state index in [1.807, 2.05) is 0 Å². The van der Waals surface area contributed by atoms with Crippen LogP contribution in [0.3, 0.4) is 0 Å². The highest BCUT2D eigenvalue weighted by Crippen LogP contribution is 2.22. The summed E-state index contributed by atoms with van der Waals surface area (Å²) < 4.78 is 9.72. The highest BCUT2D eigenvalue weighted by atomic mass is 16.7. The maximum atomic E-state index is 8.88. The van der Waals surface area contributed by atoms with Crippen LogP contribution < -0.4 is 0 Å². The quantitative estimate of drug-likeness (QED) is 0.559. The predicted molar refractivity (Wildman–Crippen MR) is 39.8 cm³/mol. The lowest BCUT2D eigenvalue weighted by molar-refractivity contribution is -0.223. The first-order chi connectivity index (χ1) is 5.08. The second kappa shape index (κ2) is 4.66. The van der Waals surface area contributed by atoms with Crippen molar-refractivity contribution in [3.8, 4) is 0 Å². The molecule has 0 aliphatic heterocycles. The maximum Gasteiger partial charge on any atom is 0.167 e. The van der Waals surface area contributed by atoms with Crippen LogP contribution in [0.1, 0.15) is 13.8 Å². The van der Waals surface area contributed by atoms with Gasteiger partial charge in [0.25, 0.3) is 0 Å². The standard InChI is InChI=1S/C7H16O4/c1-7(2,4-8)6(10-3)11-5-9/h6,8-9H,4-5H2,1-3H3. The lowest BCUT2D eigenvalue weighted by atomic mass is 9.94. The van der Waals surface area contributed by atoms with E-state index in [4.69, 9.17) is 19.7 Å². The largest absolute Gasteiger partial charge is 0.396 e. The van der Waals surface area contributed by atoms with Crippen LogP contribution in [-0.2, 0) is 9.47 Å². The van der Waals surface area contributed by atoms with Crippen molar-refractivity contribution in [1.82, 2.24) is 0 Å². The summed E-state index contributed by atoms with van der Waals surface area (Å²) in [6.07, 6.45) is -0.572. The predicted octanol–water partition coefficient (Wildman–Crippen LogP) is -0.0562. The van der Waals surface area contributed by atoms with Crippen LogP contribution in [0.4, 0.5) is 0 Å². The molecule has 4 heteroatoms. The molecule has 0 aliphatic rings. The van der Waals surface area contributed by atoms with E-state index in [2.05, 4.69) is 0 Å². The number of methoxy groups -OCH3 is 1. The molecule has 0 saturated carbocycles. The molecule has 1 atom stereocenters. The van der Waals surface area contributed by atoms with Crippen LogP contribution >= 0.6 is 0 Å². The van der Waals surface area contributed by atoms with Gasteiger partial charge in [-0.15, -0.1) is 0 Å². The number of hydrogen-bond donors (Lipinski definition) is 2. The Bertz CT molecular complexity index is 103. The Kier molecular flexibility index (Phi) is 4.60. The van der Waals surface area contributed by atoms with Crippen molar-refractivity contribution >= 4 is 0 Å². The minimum atomic E-state index is -0.572. The van der Waals surface area contributed by atoms with Crippen molar-refractivity contribution in [3.63, 3.8) is 0 Å². The molecular weight excluding hydrogens is 148 g/mol. The number of aliphatic hydroxyl groups is 2. The third kappa shape index (κ3) is 3.16. The van der Waals surface area contributed by atoms with Crippen LogP contribution in [0.15, 0.2) is 0 Å². The van der Waals surface area contributed by atoms with Crippen molar-refractivity contribution in [1.29, 1.82) is 0 Å². The van der Waals surface area contributed by atoms with Gasteiger partial charge in [-0.1, -0.05) is 13.8 Å². The Balaban J connectivity index is 3.99. The zero-order valence-corrected chi connectivity index (χ0v) is 7.20. The maximum absolute atomic E-state index is 8.88. The van der Waals surface area contributed by atoms with E-state index in [1.54, 1.807) is 13.8 Å². The topological polar surface area (TPSA) is 58.9 Å². The molecule has 1 unspecified atom stereocenters. The molecule has 2 N–H and O–H groups in total. The molecule has 0 aliphatic carbocycles. The SMILES string of the molecule is COC(OCO)C(C)(C)CO. The molecule has 0 saturated heterocycles. The molecule has 0 amide bonds. The van der Waals surface area contributed by atoms with Crippen LogP contribution in [0.25, 0.3) is 0 Å². The molecule has 0 bridgehead atoms. The molecule has 0 fully saturated rings. The molecule has 0 radical (unpaired) electrons. The number of rotatable bonds is 5. The molecule has 0 spiro atoms. The average Bonchev–Trinajstić information content (AvgIpc) is 2.00. The van der Waals surface area contributed by atoms with Gasteiger partial charge in [-0.2, -0.15) is 0 Å². The molecular formula is C7H16O4. The molecule has 4 nitrogen and oxygen atoms in total. The molecule has 0 aromatic heterocycles. The Hall–Kier alpha value is -0.160. The summed E-state index contributed by atoms with van der Waals surface area (Å²) in [5, 5.41) is 17.3. The van der Waals surface area contributed by atoms with Crippen LogP contribution in [-0.4, -0.2) is 37.0 Å². The number of aliphatic hydroxyl groups excluding tert-OH is 2. The summed E-state index contributed by atoms with van der Waals surface area (Å²) in [6.45, 7) is 3.13. The first-order valence-electron chi connectivity index (χ1n) is 3.44. The highest BCUT2D eigenvalue weighted by molar-refractivity contribution is 4.70. The van der Waals surface area contributed by atoms with E-state index in [1.165, 1.54) is 7.11 Å².